The average molecular weight is 353 g/mol. The van der Waals surface area contributed by atoms with Gasteiger partial charge in [0.1, 0.15) is 12.4 Å². The molecule has 2 saturated heterocycles. The van der Waals surface area contributed by atoms with Gasteiger partial charge in [-0.05, 0) is 37.1 Å². The highest BCUT2D eigenvalue weighted by Crippen LogP contribution is 2.31. The summed E-state index contributed by atoms with van der Waals surface area (Å²) in [6.45, 7) is 2.95. The molecule has 132 valence electrons. The van der Waals surface area contributed by atoms with Gasteiger partial charge in [-0.2, -0.15) is 0 Å². The molecular formula is C18H25ClN2O3. The molecule has 2 aliphatic rings. The second-order valence-electron chi connectivity index (χ2n) is 6.73. The van der Waals surface area contributed by atoms with Crippen LogP contribution in [-0.4, -0.2) is 68.3 Å². The largest absolute Gasteiger partial charge is 0.492 e. The van der Waals surface area contributed by atoms with E-state index in [-0.39, 0.29) is 17.9 Å². The van der Waals surface area contributed by atoms with E-state index >= 15 is 0 Å². The second-order valence-corrected chi connectivity index (χ2v) is 7.16. The average Bonchev–Trinajstić information content (AvgIpc) is 3.04. The van der Waals surface area contributed by atoms with Gasteiger partial charge in [-0.15, -0.1) is 0 Å². The molecule has 3 rings (SSSR count). The lowest BCUT2D eigenvalue weighted by atomic mass is 9.89. The fourth-order valence-electron chi connectivity index (χ4n) is 3.67. The van der Waals surface area contributed by atoms with E-state index in [0.717, 1.165) is 38.3 Å². The molecule has 6 heteroatoms. The molecule has 0 spiro atoms. The maximum atomic E-state index is 12.4. The molecule has 0 unspecified atom stereocenters. The number of ether oxygens (including phenoxy) is 2. The van der Waals surface area contributed by atoms with Crippen molar-refractivity contribution < 1.29 is 14.3 Å². The standard InChI is InChI=1S/C18H25ClN2O3/c1-20(2)18(22)13-11-17-16(7-9-24-17)21(12-13)8-10-23-15-5-3-14(19)4-6-15/h3-6,13,16-17H,7-12H2,1-2H3/t13-,16+,17+/m0/s1. The smallest absolute Gasteiger partial charge is 0.226 e. The van der Waals surface area contributed by atoms with E-state index in [1.165, 1.54) is 0 Å². The number of amides is 1. The maximum Gasteiger partial charge on any atom is 0.226 e. The van der Waals surface area contributed by atoms with Gasteiger partial charge in [0.25, 0.3) is 0 Å². The Morgan fingerprint density at radius 3 is 2.83 bits per heavy atom. The van der Waals surface area contributed by atoms with Gasteiger partial charge in [0.2, 0.25) is 5.91 Å². The summed E-state index contributed by atoms with van der Waals surface area (Å²) in [5.74, 6) is 1.01. The zero-order valence-electron chi connectivity index (χ0n) is 14.3. The Balaban J connectivity index is 1.57. The Bertz CT molecular complexity index is 564. The first-order chi connectivity index (χ1) is 11.5. The van der Waals surface area contributed by atoms with Crippen molar-refractivity contribution in [3.8, 4) is 5.75 Å². The van der Waals surface area contributed by atoms with Crippen molar-refractivity contribution in [2.75, 3.05) is 40.4 Å². The molecule has 0 aromatic heterocycles. The van der Waals surface area contributed by atoms with Crippen LogP contribution in [0.2, 0.25) is 5.02 Å². The number of benzene rings is 1. The second kappa shape index (κ2) is 7.72. The summed E-state index contributed by atoms with van der Waals surface area (Å²) in [5.41, 5.74) is 0. The van der Waals surface area contributed by atoms with E-state index in [4.69, 9.17) is 21.1 Å². The number of halogens is 1. The van der Waals surface area contributed by atoms with E-state index in [1.54, 1.807) is 4.90 Å². The SMILES string of the molecule is CN(C)C(=O)[C@H]1C[C@H]2OCC[C@H]2N(CCOc2ccc(Cl)cc2)C1. The minimum atomic E-state index is 0.00915. The van der Waals surface area contributed by atoms with Crippen molar-refractivity contribution in [2.24, 2.45) is 5.92 Å². The third kappa shape index (κ3) is 4.02. The molecule has 2 fully saturated rings. The number of carbonyl (C=O) groups excluding carboxylic acids is 1. The van der Waals surface area contributed by atoms with Crippen molar-refractivity contribution in [1.82, 2.24) is 9.80 Å². The Labute approximate surface area is 148 Å². The zero-order chi connectivity index (χ0) is 17.1. The van der Waals surface area contributed by atoms with Gasteiger partial charge in [-0.3, -0.25) is 9.69 Å². The maximum absolute atomic E-state index is 12.4. The fourth-order valence-corrected chi connectivity index (χ4v) is 3.79. The normalized spacial score (nSPS) is 26.9. The number of fused-ring (bicyclic) bond motifs is 1. The molecule has 1 aromatic rings. The van der Waals surface area contributed by atoms with Gasteiger partial charge in [0.05, 0.1) is 12.0 Å². The molecule has 1 aromatic carbocycles. The minimum absolute atomic E-state index is 0.00915. The van der Waals surface area contributed by atoms with Crippen LogP contribution in [0, 0.1) is 5.92 Å². The molecule has 5 nitrogen and oxygen atoms in total. The summed E-state index contributed by atoms with van der Waals surface area (Å²) >= 11 is 5.89. The van der Waals surface area contributed by atoms with Crippen molar-refractivity contribution in [3.05, 3.63) is 29.3 Å². The van der Waals surface area contributed by atoms with Crippen LogP contribution in [0.3, 0.4) is 0 Å². The lowest BCUT2D eigenvalue weighted by Gasteiger charge is -2.40. The van der Waals surface area contributed by atoms with Crippen LogP contribution in [-0.2, 0) is 9.53 Å². The molecule has 0 N–H and O–H groups in total. The monoisotopic (exact) mass is 352 g/mol. The van der Waals surface area contributed by atoms with Crippen LogP contribution < -0.4 is 4.74 Å². The molecule has 0 aliphatic carbocycles. The van der Waals surface area contributed by atoms with Crippen LogP contribution in [0.15, 0.2) is 24.3 Å². The molecule has 24 heavy (non-hydrogen) atoms. The topological polar surface area (TPSA) is 42.0 Å². The molecule has 1 amide bonds. The fraction of sp³-hybridized carbons (Fsp3) is 0.611. The van der Waals surface area contributed by atoms with E-state index < -0.39 is 0 Å². The van der Waals surface area contributed by atoms with Crippen LogP contribution in [0.25, 0.3) is 0 Å². The number of rotatable bonds is 5. The molecule has 2 heterocycles. The van der Waals surface area contributed by atoms with E-state index in [2.05, 4.69) is 4.90 Å². The van der Waals surface area contributed by atoms with Crippen LogP contribution in [0.1, 0.15) is 12.8 Å². The number of hydrogen-bond acceptors (Lipinski definition) is 4. The first-order valence-corrected chi connectivity index (χ1v) is 8.87. The number of nitrogens with zero attached hydrogens (tertiary/aromatic N) is 2. The Morgan fingerprint density at radius 1 is 1.38 bits per heavy atom. The summed E-state index contributed by atoms with van der Waals surface area (Å²) in [6.07, 6.45) is 2.04. The van der Waals surface area contributed by atoms with Gasteiger partial charge >= 0.3 is 0 Å². The van der Waals surface area contributed by atoms with Crippen molar-refractivity contribution in [2.45, 2.75) is 25.0 Å². The molecule has 3 atom stereocenters. The lowest BCUT2D eigenvalue weighted by molar-refractivity contribution is -0.137. The summed E-state index contributed by atoms with van der Waals surface area (Å²) < 4.78 is 11.7. The quantitative estimate of drug-likeness (QED) is 0.815. The molecule has 0 bridgehead atoms. The first-order valence-electron chi connectivity index (χ1n) is 8.50. The van der Waals surface area contributed by atoms with E-state index in [0.29, 0.717) is 17.7 Å². The highest BCUT2D eigenvalue weighted by molar-refractivity contribution is 6.30. The van der Waals surface area contributed by atoms with Gasteiger partial charge in [-0.1, -0.05) is 11.6 Å². The summed E-state index contributed by atoms with van der Waals surface area (Å²) in [5, 5.41) is 0.703. The van der Waals surface area contributed by atoms with Crippen LogP contribution in [0.4, 0.5) is 0 Å². The highest BCUT2D eigenvalue weighted by atomic mass is 35.5. The molecule has 0 radical (unpaired) electrons. The number of hydrogen-bond donors (Lipinski definition) is 0. The van der Waals surface area contributed by atoms with Gasteiger partial charge in [0.15, 0.2) is 0 Å². The van der Waals surface area contributed by atoms with Gasteiger partial charge < -0.3 is 14.4 Å². The molecular weight excluding hydrogens is 328 g/mol. The lowest BCUT2D eigenvalue weighted by Crippen LogP contribution is -2.53. The minimum Gasteiger partial charge on any atom is -0.492 e. The third-order valence-electron chi connectivity index (χ3n) is 4.87. The van der Waals surface area contributed by atoms with Gasteiger partial charge in [0, 0.05) is 44.9 Å². The highest BCUT2D eigenvalue weighted by Gasteiger charge is 2.42. The van der Waals surface area contributed by atoms with Crippen LogP contribution >= 0.6 is 11.6 Å². The zero-order valence-corrected chi connectivity index (χ0v) is 15.0. The third-order valence-corrected chi connectivity index (χ3v) is 5.12. The van der Waals surface area contributed by atoms with E-state index in [9.17, 15) is 4.79 Å². The summed E-state index contributed by atoms with van der Waals surface area (Å²) in [4.78, 5) is 16.4. The predicted octanol–water partition coefficient (Wildman–Crippen LogP) is 2.29. The van der Waals surface area contributed by atoms with Gasteiger partial charge in [-0.25, -0.2) is 0 Å². The Morgan fingerprint density at radius 2 is 2.12 bits per heavy atom. The predicted molar refractivity (Wildman–Crippen MR) is 93.5 cm³/mol. The summed E-state index contributed by atoms with van der Waals surface area (Å²) in [7, 11) is 3.63. The van der Waals surface area contributed by atoms with Crippen molar-refractivity contribution in [1.29, 1.82) is 0 Å². The summed E-state index contributed by atoms with van der Waals surface area (Å²) in [6, 6.07) is 7.80. The molecule has 0 saturated carbocycles. The van der Waals surface area contributed by atoms with Crippen molar-refractivity contribution in [3.63, 3.8) is 0 Å². The number of carbonyl (C=O) groups is 1. The Kier molecular flexibility index (Phi) is 5.64. The first kappa shape index (κ1) is 17.5. The molecule has 2 aliphatic heterocycles. The van der Waals surface area contributed by atoms with E-state index in [1.807, 2.05) is 38.4 Å². The van der Waals surface area contributed by atoms with Crippen LogP contribution in [0.5, 0.6) is 5.75 Å². The number of likely N-dealkylation sites (tertiary alicyclic amines) is 1. The number of piperidine rings is 1. The Hall–Kier alpha value is -1.30. The van der Waals surface area contributed by atoms with Crippen molar-refractivity contribution >= 4 is 17.5 Å².